The van der Waals surface area contributed by atoms with Gasteiger partial charge in [-0.3, -0.25) is 4.79 Å². The molecule has 0 bridgehead atoms. The Kier molecular flexibility index (Phi) is 6.56. The maximum absolute atomic E-state index is 12.2. The predicted molar refractivity (Wildman–Crippen MR) is 98.3 cm³/mol. The number of rotatable bonds is 7. The Bertz CT molecular complexity index is 681. The van der Waals surface area contributed by atoms with Crippen LogP contribution in [0.2, 0.25) is 0 Å². The minimum Gasteiger partial charge on any atom is -0.491 e. The SMILES string of the molecule is Cc1ccc(C(N)C(=O)NCC(O)c2ccc(OC(C)C)cc2)cc1. The number of aliphatic hydroxyl groups is 1. The van der Waals surface area contributed by atoms with Gasteiger partial charge in [0.2, 0.25) is 5.91 Å². The van der Waals surface area contributed by atoms with Gasteiger partial charge < -0.3 is 20.9 Å². The van der Waals surface area contributed by atoms with E-state index in [9.17, 15) is 9.90 Å². The fourth-order valence-electron chi connectivity index (χ4n) is 2.39. The van der Waals surface area contributed by atoms with E-state index in [2.05, 4.69) is 5.32 Å². The fourth-order valence-corrected chi connectivity index (χ4v) is 2.39. The third kappa shape index (κ3) is 5.59. The Morgan fingerprint density at radius 3 is 2.20 bits per heavy atom. The van der Waals surface area contributed by atoms with Crippen molar-refractivity contribution in [3.8, 4) is 5.75 Å². The van der Waals surface area contributed by atoms with Crippen LogP contribution in [0.15, 0.2) is 48.5 Å². The van der Waals surface area contributed by atoms with Gasteiger partial charge in [-0.05, 0) is 44.0 Å². The molecular formula is C20H26N2O3. The summed E-state index contributed by atoms with van der Waals surface area (Å²) in [4.78, 5) is 12.2. The standard InChI is InChI=1S/C20H26N2O3/c1-13(2)25-17-10-8-15(9-11-17)18(23)12-22-20(24)19(21)16-6-4-14(3)5-7-16/h4-11,13,18-19,23H,12,21H2,1-3H3,(H,22,24). The largest absolute Gasteiger partial charge is 0.491 e. The van der Waals surface area contributed by atoms with E-state index in [1.54, 1.807) is 24.3 Å². The molecule has 25 heavy (non-hydrogen) atoms. The monoisotopic (exact) mass is 342 g/mol. The lowest BCUT2D eigenvalue weighted by Crippen LogP contribution is -2.36. The van der Waals surface area contributed by atoms with Crippen LogP contribution in [0.1, 0.15) is 42.7 Å². The van der Waals surface area contributed by atoms with E-state index < -0.39 is 12.1 Å². The zero-order valence-corrected chi connectivity index (χ0v) is 14.9. The van der Waals surface area contributed by atoms with Crippen molar-refractivity contribution in [1.29, 1.82) is 0 Å². The maximum Gasteiger partial charge on any atom is 0.241 e. The Morgan fingerprint density at radius 2 is 1.64 bits per heavy atom. The quantitative estimate of drug-likeness (QED) is 0.722. The number of carbonyl (C=O) groups is 1. The number of aliphatic hydroxyl groups excluding tert-OH is 1. The Morgan fingerprint density at radius 1 is 1.08 bits per heavy atom. The second kappa shape index (κ2) is 8.65. The molecule has 5 heteroatoms. The minimum atomic E-state index is -0.803. The third-order valence-corrected chi connectivity index (χ3v) is 3.83. The zero-order valence-electron chi connectivity index (χ0n) is 14.9. The lowest BCUT2D eigenvalue weighted by Gasteiger charge is -2.16. The molecule has 134 valence electrons. The predicted octanol–water partition coefficient (Wildman–Crippen LogP) is 2.63. The van der Waals surface area contributed by atoms with Crippen LogP contribution in [-0.4, -0.2) is 23.7 Å². The number of carbonyl (C=O) groups excluding carboxylic acids is 1. The van der Waals surface area contributed by atoms with Gasteiger partial charge in [-0.1, -0.05) is 42.0 Å². The number of nitrogens with two attached hydrogens (primary N) is 1. The molecule has 0 aliphatic heterocycles. The third-order valence-electron chi connectivity index (χ3n) is 3.83. The summed E-state index contributed by atoms with van der Waals surface area (Å²) < 4.78 is 5.57. The molecule has 0 aliphatic carbocycles. The molecule has 0 fully saturated rings. The number of nitrogens with one attached hydrogen (secondary N) is 1. The molecule has 4 N–H and O–H groups in total. The summed E-state index contributed by atoms with van der Waals surface area (Å²) in [5, 5.41) is 12.9. The second-order valence-electron chi connectivity index (χ2n) is 6.38. The number of hydrogen-bond acceptors (Lipinski definition) is 4. The molecule has 0 aliphatic rings. The summed E-state index contributed by atoms with van der Waals surface area (Å²) >= 11 is 0. The molecule has 0 spiro atoms. The summed E-state index contributed by atoms with van der Waals surface area (Å²) in [6.45, 7) is 5.98. The van der Waals surface area contributed by atoms with Crippen LogP contribution in [0, 0.1) is 6.92 Å². The van der Waals surface area contributed by atoms with Crippen molar-refractivity contribution >= 4 is 5.91 Å². The molecule has 2 unspecified atom stereocenters. The van der Waals surface area contributed by atoms with Gasteiger partial charge in [-0.2, -0.15) is 0 Å². The summed E-state index contributed by atoms with van der Waals surface area (Å²) in [6, 6.07) is 13.9. The number of ether oxygens (including phenoxy) is 1. The van der Waals surface area contributed by atoms with Crippen LogP contribution in [0.5, 0.6) is 5.75 Å². The van der Waals surface area contributed by atoms with Crippen molar-refractivity contribution in [2.75, 3.05) is 6.54 Å². The van der Waals surface area contributed by atoms with Crippen LogP contribution >= 0.6 is 0 Å². The highest BCUT2D eigenvalue weighted by atomic mass is 16.5. The van der Waals surface area contributed by atoms with Crippen molar-refractivity contribution < 1.29 is 14.6 Å². The average Bonchev–Trinajstić information content (AvgIpc) is 2.59. The molecule has 0 heterocycles. The lowest BCUT2D eigenvalue weighted by molar-refractivity contribution is -0.122. The highest BCUT2D eigenvalue weighted by Gasteiger charge is 2.17. The first-order valence-corrected chi connectivity index (χ1v) is 8.41. The smallest absolute Gasteiger partial charge is 0.241 e. The van der Waals surface area contributed by atoms with Crippen molar-refractivity contribution in [2.45, 2.75) is 39.0 Å². The zero-order chi connectivity index (χ0) is 18.4. The summed E-state index contributed by atoms with van der Waals surface area (Å²) in [5.41, 5.74) is 8.53. The second-order valence-corrected chi connectivity index (χ2v) is 6.38. The Balaban J connectivity index is 1.89. The Hall–Kier alpha value is -2.37. The van der Waals surface area contributed by atoms with E-state index in [-0.39, 0.29) is 18.6 Å². The molecule has 2 rings (SSSR count). The molecule has 0 aromatic heterocycles. The topological polar surface area (TPSA) is 84.6 Å². The first-order chi connectivity index (χ1) is 11.9. The Labute approximate surface area is 148 Å². The van der Waals surface area contributed by atoms with Gasteiger partial charge in [0.25, 0.3) is 0 Å². The summed E-state index contributed by atoms with van der Waals surface area (Å²) in [6.07, 6.45) is -0.708. The van der Waals surface area contributed by atoms with Crippen LogP contribution in [-0.2, 0) is 4.79 Å². The molecule has 2 aromatic rings. The van der Waals surface area contributed by atoms with Crippen molar-refractivity contribution in [3.63, 3.8) is 0 Å². The number of benzene rings is 2. The van der Waals surface area contributed by atoms with Gasteiger partial charge in [0.15, 0.2) is 0 Å². The molecule has 2 aromatic carbocycles. The van der Waals surface area contributed by atoms with Crippen LogP contribution in [0.25, 0.3) is 0 Å². The van der Waals surface area contributed by atoms with Gasteiger partial charge in [0, 0.05) is 6.54 Å². The average molecular weight is 342 g/mol. The fraction of sp³-hybridized carbons (Fsp3) is 0.350. The van der Waals surface area contributed by atoms with Crippen molar-refractivity contribution in [3.05, 3.63) is 65.2 Å². The van der Waals surface area contributed by atoms with Gasteiger partial charge in [0.1, 0.15) is 11.8 Å². The van der Waals surface area contributed by atoms with E-state index >= 15 is 0 Å². The first-order valence-electron chi connectivity index (χ1n) is 8.41. The van der Waals surface area contributed by atoms with Gasteiger partial charge in [-0.25, -0.2) is 0 Å². The summed E-state index contributed by atoms with van der Waals surface area (Å²) in [7, 11) is 0. The van der Waals surface area contributed by atoms with E-state index in [1.165, 1.54) is 0 Å². The van der Waals surface area contributed by atoms with E-state index in [1.807, 2.05) is 45.0 Å². The molecule has 0 saturated heterocycles. The molecular weight excluding hydrogens is 316 g/mol. The number of amides is 1. The van der Waals surface area contributed by atoms with Crippen molar-refractivity contribution in [1.82, 2.24) is 5.32 Å². The molecule has 1 amide bonds. The molecule has 5 nitrogen and oxygen atoms in total. The highest BCUT2D eigenvalue weighted by Crippen LogP contribution is 2.19. The number of hydrogen-bond donors (Lipinski definition) is 3. The van der Waals surface area contributed by atoms with Crippen LogP contribution in [0.4, 0.5) is 0 Å². The van der Waals surface area contributed by atoms with Crippen LogP contribution in [0.3, 0.4) is 0 Å². The minimum absolute atomic E-state index is 0.0957. The van der Waals surface area contributed by atoms with Gasteiger partial charge >= 0.3 is 0 Å². The number of aryl methyl sites for hydroxylation is 1. The normalized spacial score (nSPS) is 13.4. The van der Waals surface area contributed by atoms with E-state index in [0.29, 0.717) is 5.56 Å². The summed E-state index contributed by atoms with van der Waals surface area (Å²) in [5.74, 6) is 0.430. The van der Waals surface area contributed by atoms with E-state index in [0.717, 1.165) is 16.9 Å². The van der Waals surface area contributed by atoms with Crippen molar-refractivity contribution in [2.24, 2.45) is 5.73 Å². The molecule has 0 saturated carbocycles. The molecule has 2 atom stereocenters. The maximum atomic E-state index is 12.2. The van der Waals surface area contributed by atoms with Crippen LogP contribution < -0.4 is 15.8 Å². The van der Waals surface area contributed by atoms with Gasteiger partial charge in [0.05, 0.1) is 12.2 Å². The first kappa shape index (κ1) is 19.0. The highest BCUT2D eigenvalue weighted by molar-refractivity contribution is 5.82. The molecule has 0 radical (unpaired) electrons. The van der Waals surface area contributed by atoms with Gasteiger partial charge in [-0.15, -0.1) is 0 Å². The van der Waals surface area contributed by atoms with E-state index in [4.69, 9.17) is 10.5 Å². The lowest BCUT2D eigenvalue weighted by atomic mass is 10.0.